The number of hydrogen-bond acceptors (Lipinski definition) is 3. The van der Waals surface area contributed by atoms with Crippen LogP contribution in [0.5, 0.6) is 0 Å². The van der Waals surface area contributed by atoms with Crippen LogP contribution in [0.15, 0.2) is 53.1 Å². The molecule has 0 aliphatic carbocycles. The summed E-state index contributed by atoms with van der Waals surface area (Å²) < 4.78 is 10.5. The Morgan fingerprint density at radius 2 is 1.94 bits per heavy atom. The monoisotopic (exact) mass is 230 g/mol. The van der Waals surface area contributed by atoms with E-state index in [1.807, 2.05) is 42.5 Å². The quantitative estimate of drug-likeness (QED) is 0.565. The van der Waals surface area contributed by atoms with E-state index in [9.17, 15) is 4.79 Å². The first-order valence-electron chi connectivity index (χ1n) is 5.54. The average molecular weight is 230 g/mol. The molecule has 0 amide bonds. The molecule has 1 heterocycles. The van der Waals surface area contributed by atoms with Crippen LogP contribution in [-0.4, -0.2) is 12.4 Å². The van der Waals surface area contributed by atoms with Crippen molar-refractivity contribution in [1.29, 1.82) is 0 Å². The van der Waals surface area contributed by atoms with Crippen molar-refractivity contribution in [1.82, 2.24) is 0 Å². The lowest BCUT2D eigenvalue weighted by Crippen LogP contribution is -2.04. The fraction of sp³-hybridized carbons (Fsp3) is 0.214. The number of benzene rings is 1. The maximum atomic E-state index is 11.7. The predicted molar refractivity (Wildman–Crippen MR) is 63.8 cm³/mol. The fourth-order valence-corrected chi connectivity index (χ4v) is 1.50. The molecule has 0 atom stereocenters. The first kappa shape index (κ1) is 11.6. The Bertz CT molecular complexity index is 446. The Morgan fingerprint density at radius 3 is 2.65 bits per heavy atom. The van der Waals surface area contributed by atoms with Crippen molar-refractivity contribution in [3.63, 3.8) is 0 Å². The van der Waals surface area contributed by atoms with Crippen molar-refractivity contribution in [3.05, 3.63) is 60.1 Å². The second-order valence-electron chi connectivity index (χ2n) is 3.67. The Hall–Kier alpha value is -1.87. The number of Topliss-reactive ketones (excluding diaryl/α,β-unsaturated/α-hetero) is 1. The molecule has 2 aromatic rings. The summed E-state index contributed by atoms with van der Waals surface area (Å²) in [6, 6.07) is 12.9. The average Bonchev–Trinajstić information content (AvgIpc) is 2.88. The summed E-state index contributed by atoms with van der Waals surface area (Å²) in [5.41, 5.74) is 0.731. The van der Waals surface area contributed by atoms with Crippen molar-refractivity contribution in [3.8, 4) is 0 Å². The lowest BCUT2D eigenvalue weighted by atomic mass is 10.1. The second-order valence-corrected chi connectivity index (χ2v) is 3.67. The van der Waals surface area contributed by atoms with E-state index in [4.69, 9.17) is 9.15 Å². The van der Waals surface area contributed by atoms with Crippen LogP contribution in [0.2, 0.25) is 0 Å². The highest BCUT2D eigenvalue weighted by molar-refractivity contribution is 5.96. The van der Waals surface area contributed by atoms with E-state index in [1.165, 1.54) is 0 Å². The number of rotatable bonds is 6. The summed E-state index contributed by atoms with van der Waals surface area (Å²) in [6.45, 7) is 0.823. The van der Waals surface area contributed by atoms with Crippen LogP contribution in [0.4, 0.5) is 0 Å². The molecule has 0 N–H and O–H groups in total. The lowest BCUT2D eigenvalue weighted by molar-refractivity contribution is 0.0809. The SMILES string of the molecule is O=C(CCOCc1ccco1)c1ccccc1. The van der Waals surface area contributed by atoms with Gasteiger partial charge in [-0.25, -0.2) is 0 Å². The standard InChI is InChI=1S/C14H14O3/c15-14(12-5-2-1-3-6-12)8-10-16-11-13-7-4-9-17-13/h1-7,9H,8,10-11H2. The van der Waals surface area contributed by atoms with Gasteiger partial charge in [0.25, 0.3) is 0 Å². The first-order valence-corrected chi connectivity index (χ1v) is 5.54. The maximum absolute atomic E-state index is 11.7. The normalized spacial score (nSPS) is 10.4. The van der Waals surface area contributed by atoms with E-state index < -0.39 is 0 Å². The Kier molecular flexibility index (Phi) is 4.11. The summed E-state index contributed by atoms with van der Waals surface area (Å²) in [4.78, 5) is 11.7. The zero-order chi connectivity index (χ0) is 11.9. The van der Waals surface area contributed by atoms with Gasteiger partial charge in [0.05, 0.1) is 12.9 Å². The molecule has 1 aromatic heterocycles. The first-order chi connectivity index (χ1) is 8.36. The third-order valence-electron chi connectivity index (χ3n) is 2.39. The second kappa shape index (κ2) is 6.01. The van der Waals surface area contributed by atoms with Gasteiger partial charge in [-0.2, -0.15) is 0 Å². The molecule has 0 fully saturated rings. The number of furan rings is 1. The molecule has 0 bridgehead atoms. The minimum atomic E-state index is 0.102. The highest BCUT2D eigenvalue weighted by Crippen LogP contribution is 2.05. The number of ether oxygens (including phenoxy) is 1. The van der Waals surface area contributed by atoms with Crippen LogP contribution < -0.4 is 0 Å². The molecule has 17 heavy (non-hydrogen) atoms. The van der Waals surface area contributed by atoms with E-state index in [-0.39, 0.29) is 5.78 Å². The molecule has 0 saturated carbocycles. The predicted octanol–water partition coefficient (Wildman–Crippen LogP) is 3.07. The van der Waals surface area contributed by atoms with Gasteiger partial charge in [0.2, 0.25) is 0 Å². The maximum Gasteiger partial charge on any atom is 0.165 e. The molecule has 88 valence electrons. The third kappa shape index (κ3) is 3.57. The minimum absolute atomic E-state index is 0.102. The van der Waals surface area contributed by atoms with Gasteiger partial charge < -0.3 is 9.15 Å². The van der Waals surface area contributed by atoms with E-state index in [0.29, 0.717) is 19.6 Å². The van der Waals surface area contributed by atoms with Crippen LogP contribution >= 0.6 is 0 Å². The lowest BCUT2D eigenvalue weighted by Gasteiger charge is -2.02. The smallest absolute Gasteiger partial charge is 0.165 e. The van der Waals surface area contributed by atoms with Crippen LogP contribution in [-0.2, 0) is 11.3 Å². The zero-order valence-electron chi connectivity index (χ0n) is 9.46. The molecule has 0 aliphatic heterocycles. The number of hydrogen-bond donors (Lipinski definition) is 0. The molecule has 2 rings (SSSR count). The Labute approximate surface area is 100 Å². The molecule has 0 aliphatic rings. The zero-order valence-corrected chi connectivity index (χ0v) is 9.46. The summed E-state index contributed by atoms with van der Waals surface area (Å²) in [5, 5.41) is 0. The summed E-state index contributed by atoms with van der Waals surface area (Å²) >= 11 is 0. The minimum Gasteiger partial charge on any atom is -0.467 e. The van der Waals surface area contributed by atoms with Crippen LogP contribution in [0.3, 0.4) is 0 Å². The van der Waals surface area contributed by atoms with Crippen molar-refractivity contribution >= 4 is 5.78 Å². The van der Waals surface area contributed by atoms with Gasteiger partial charge in [0, 0.05) is 12.0 Å². The molecular weight excluding hydrogens is 216 g/mol. The molecular formula is C14H14O3. The summed E-state index contributed by atoms with van der Waals surface area (Å²) in [7, 11) is 0. The van der Waals surface area contributed by atoms with Crippen molar-refractivity contribution < 1.29 is 13.9 Å². The Morgan fingerprint density at radius 1 is 1.12 bits per heavy atom. The van der Waals surface area contributed by atoms with Gasteiger partial charge in [0.1, 0.15) is 12.4 Å². The highest BCUT2D eigenvalue weighted by atomic mass is 16.5. The molecule has 3 heteroatoms. The largest absolute Gasteiger partial charge is 0.467 e. The Balaban J connectivity index is 1.70. The molecule has 1 aromatic carbocycles. The van der Waals surface area contributed by atoms with E-state index in [0.717, 1.165) is 11.3 Å². The van der Waals surface area contributed by atoms with Gasteiger partial charge in [-0.3, -0.25) is 4.79 Å². The summed E-state index contributed by atoms with van der Waals surface area (Å²) in [6.07, 6.45) is 2.00. The molecule has 0 saturated heterocycles. The van der Waals surface area contributed by atoms with Gasteiger partial charge >= 0.3 is 0 Å². The van der Waals surface area contributed by atoms with Crippen LogP contribution in [0, 0.1) is 0 Å². The highest BCUT2D eigenvalue weighted by Gasteiger charge is 2.04. The molecule has 0 unspecified atom stereocenters. The molecule has 0 spiro atoms. The van der Waals surface area contributed by atoms with Gasteiger partial charge in [-0.1, -0.05) is 30.3 Å². The molecule has 0 radical (unpaired) electrons. The number of ketones is 1. The third-order valence-corrected chi connectivity index (χ3v) is 2.39. The molecule has 3 nitrogen and oxygen atoms in total. The summed E-state index contributed by atoms with van der Waals surface area (Å²) in [5.74, 6) is 0.877. The van der Waals surface area contributed by atoms with Gasteiger partial charge in [-0.15, -0.1) is 0 Å². The van der Waals surface area contributed by atoms with E-state index in [1.54, 1.807) is 6.26 Å². The number of carbonyl (C=O) groups is 1. The van der Waals surface area contributed by atoms with Crippen molar-refractivity contribution in [2.45, 2.75) is 13.0 Å². The van der Waals surface area contributed by atoms with Gasteiger partial charge in [0.15, 0.2) is 5.78 Å². The van der Waals surface area contributed by atoms with Gasteiger partial charge in [-0.05, 0) is 12.1 Å². The van der Waals surface area contributed by atoms with Crippen LogP contribution in [0.1, 0.15) is 22.5 Å². The van der Waals surface area contributed by atoms with Crippen molar-refractivity contribution in [2.75, 3.05) is 6.61 Å². The van der Waals surface area contributed by atoms with E-state index in [2.05, 4.69) is 0 Å². The van der Waals surface area contributed by atoms with E-state index >= 15 is 0 Å². The number of carbonyl (C=O) groups excluding carboxylic acids is 1. The van der Waals surface area contributed by atoms with Crippen LogP contribution in [0.25, 0.3) is 0 Å². The van der Waals surface area contributed by atoms with Crippen molar-refractivity contribution in [2.24, 2.45) is 0 Å². The fourth-order valence-electron chi connectivity index (χ4n) is 1.50. The topological polar surface area (TPSA) is 39.4 Å².